The third-order valence-electron chi connectivity index (χ3n) is 4.82. The molecule has 0 spiro atoms. The number of fused-ring (bicyclic) bond motifs is 2. The van der Waals surface area contributed by atoms with E-state index >= 15 is 0 Å². The first-order chi connectivity index (χ1) is 13.8. The fourth-order valence-electron chi connectivity index (χ4n) is 3.63. The standard InChI is InChI=1S/C21H14N2O6/c1-11(24)29-20-13-8-4-3-7-12(13)19(25)17-16(21(26)22(2)18(17)20)14-9-5-6-10-15(14)23(27)28/h3-10H,1-2H3. The molecule has 0 radical (unpaired) electrons. The first-order valence-electron chi connectivity index (χ1n) is 8.66. The van der Waals surface area contributed by atoms with E-state index in [0.29, 0.717) is 5.56 Å². The number of esters is 1. The Morgan fingerprint density at radius 2 is 1.55 bits per heavy atom. The highest BCUT2D eigenvalue weighted by Gasteiger charge is 2.45. The maximum Gasteiger partial charge on any atom is 0.308 e. The second kappa shape index (κ2) is 6.52. The topological polar surface area (TPSA) is 107 Å². The fourth-order valence-corrected chi connectivity index (χ4v) is 3.63. The molecule has 29 heavy (non-hydrogen) atoms. The molecule has 0 saturated carbocycles. The lowest BCUT2D eigenvalue weighted by Crippen LogP contribution is -2.25. The highest BCUT2D eigenvalue weighted by molar-refractivity contribution is 6.36. The average Bonchev–Trinajstić information content (AvgIpc) is 2.96. The summed E-state index contributed by atoms with van der Waals surface area (Å²) in [6, 6.07) is 12.2. The Labute approximate surface area is 164 Å². The number of para-hydroxylation sites is 1. The highest BCUT2D eigenvalue weighted by Crippen LogP contribution is 2.46. The molecule has 2 aromatic carbocycles. The summed E-state index contributed by atoms with van der Waals surface area (Å²) in [7, 11) is 1.43. The van der Waals surface area contributed by atoms with Crippen molar-refractivity contribution in [3.63, 3.8) is 0 Å². The zero-order chi connectivity index (χ0) is 20.9. The number of hydrogen-bond donors (Lipinski definition) is 0. The molecule has 8 heteroatoms. The smallest absolute Gasteiger partial charge is 0.308 e. The minimum atomic E-state index is -0.615. The number of nitro benzene ring substituents is 1. The largest absolute Gasteiger partial charge is 0.424 e. The van der Waals surface area contributed by atoms with Gasteiger partial charge in [-0.05, 0) is 6.07 Å². The van der Waals surface area contributed by atoms with Gasteiger partial charge >= 0.3 is 5.97 Å². The van der Waals surface area contributed by atoms with Crippen molar-refractivity contribution in [3.05, 3.63) is 86.6 Å². The number of ketones is 1. The van der Waals surface area contributed by atoms with Crippen LogP contribution >= 0.6 is 0 Å². The van der Waals surface area contributed by atoms with Crippen molar-refractivity contribution in [3.8, 4) is 0 Å². The van der Waals surface area contributed by atoms with Crippen LogP contribution in [0.2, 0.25) is 0 Å². The maximum absolute atomic E-state index is 13.3. The number of likely N-dealkylation sites (N-methyl/N-ethyl adjacent to an activating group) is 1. The van der Waals surface area contributed by atoms with Gasteiger partial charge in [0, 0.05) is 31.2 Å². The van der Waals surface area contributed by atoms with Gasteiger partial charge in [-0.2, -0.15) is 0 Å². The SMILES string of the molecule is CC(=O)OC1=C2C(=C(c3ccccc3[N+](=O)[O-])C(=O)N2C)C(=O)c2ccccc21. The monoisotopic (exact) mass is 390 g/mol. The van der Waals surface area contributed by atoms with Crippen molar-refractivity contribution in [2.24, 2.45) is 0 Å². The van der Waals surface area contributed by atoms with Crippen LogP contribution in [0.15, 0.2) is 59.8 Å². The Morgan fingerprint density at radius 1 is 0.966 bits per heavy atom. The number of nitrogens with zero attached hydrogens (tertiary/aromatic N) is 2. The predicted molar refractivity (Wildman–Crippen MR) is 102 cm³/mol. The molecule has 0 aromatic heterocycles. The van der Waals surface area contributed by atoms with Crippen molar-refractivity contribution in [1.82, 2.24) is 4.90 Å². The average molecular weight is 390 g/mol. The summed E-state index contributed by atoms with van der Waals surface area (Å²) in [5.41, 5.74) is 0.410. The maximum atomic E-state index is 13.3. The minimum Gasteiger partial charge on any atom is -0.424 e. The molecule has 0 N–H and O–H groups in total. The van der Waals surface area contributed by atoms with Crippen molar-refractivity contribution in [2.45, 2.75) is 6.92 Å². The summed E-state index contributed by atoms with van der Waals surface area (Å²) in [6.45, 7) is 1.22. The zero-order valence-corrected chi connectivity index (χ0v) is 15.5. The summed E-state index contributed by atoms with van der Waals surface area (Å²) < 4.78 is 5.39. The van der Waals surface area contributed by atoms with Gasteiger partial charge in [0.1, 0.15) is 0 Å². The van der Waals surface area contributed by atoms with Gasteiger partial charge in [0.25, 0.3) is 11.6 Å². The number of hydrogen-bond acceptors (Lipinski definition) is 6. The summed E-state index contributed by atoms with van der Waals surface area (Å²) in [4.78, 5) is 50.2. The highest BCUT2D eigenvalue weighted by atomic mass is 16.6. The van der Waals surface area contributed by atoms with Gasteiger partial charge in [-0.3, -0.25) is 24.5 Å². The molecule has 1 aliphatic carbocycles. The van der Waals surface area contributed by atoms with E-state index < -0.39 is 22.6 Å². The van der Waals surface area contributed by atoms with Crippen molar-refractivity contribution in [2.75, 3.05) is 7.05 Å². The molecule has 4 rings (SSSR count). The first-order valence-corrected chi connectivity index (χ1v) is 8.66. The molecule has 8 nitrogen and oxygen atoms in total. The van der Waals surface area contributed by atoms with Gasteiger partial charge in [0.15, 0.2) is 11.5 Å². The molecule has 0 fully saturated rings. The minimum absolute atomic E-state index is 0.0123. The number of nitro groups is 1. The van der Waals surface area contributed by atoms with Gasteiger partial charge in [-0.15, -0.1) is 0 Å². The quantitative estimate of drug-likeness (QED) is 0.453. The van der Waals surface area contributed by atoms with E-state index in [0.717, 1.165) is 0 Å². The van der Waals surface area contributed by atoms with Crippen LogP contribution in [0.4, 0.5) is 5.69 Å². The van der Waals surface area contributed by atoms with E-state index in [1.807, 2.05) is 0 Å². The Bertz CT molecular complexity index is 1190. The normalized spacial score (nSPS) is 15.4. The number of benzene rings is 2. The number of carbonyl (C=O) groups excluding carboxylic acids is 3. The molecule has 2 aliphatic rings. The van der Waals surface area contributed by atoms with Crippen molar-refractivity contribution >= 4 is 34.7 Å². The van der Waals surface area contributed by atoms with Gasteiger partial charge < -0.3 is 9.64 Å². The molecule has 0 saturated heterocycles. The fraction of sp³-hybridized carbons (Fsp3) is 0.0952. The molecular weight excluding hydrogens is 376 g/mol. The number of allylic oxidation sites excluding steroid dienone is 1. The van der Waals surface area contributed by atoms with Gasteiger partial charge in [0.05, 0.1) is 27.3 Å². The van der Waals surface area contributed by atoms with E-state index in [1.165, 1.54) is 37.1 Å². The van der Waals surface area contributed by atoms with Gasteiger partial charge in [0.2, 0.25) is 0 Å². The molecule has 0 unspecified atom stereocenters. The Hall–Kier alpha value is -4.07. The first kappa shape index (κ1) is 18.3. The number of carbonyl (C=O) groups is 3. The molecule has 1 heterocycles. The lowest BCUT2D eigenvalue weighted by Gasteiger charge is -2.24. The Balaban J connectivity index is 2.11. The van der Waals surface area contributed by atoms with Gasteiger partial charge in [-0.25, -0.2) is 0 Å². The van der Waals surface area contributed by atoms with Crippen molar-refractivity contribution in [1.29, 1.82) is 0 Å². The number of amides is 1. The zero-order valence-electron chi connectivity index (χ0n) is 15.5. The van der Waals surface area contributed by atoms with Gasteiger partial charge in [-0.1, -0.05) is 36.4 Å². The van der Waals surface area contributed by atoms with Crippen LogP contribution in [-0.4, -0.2) is 34.5 Å². The Kier molecular flexibility index (Phi) is 4.11. The van der Waals surface area contributed by atoms with Crippen LogP contribution in [0.25, 0.3) is 11.3 Å². The van der Waals surface area contributed by atoms with Crippen LogP contribution in [0.1, 0.15) is 28.4 Å². The predicted octanol–water partition coefficient (Wildman–Crippen LogP) is 2.95. The van der Waals surface area contributed by atoms with Crippen LogP contribution < -0.4 is 0 Å². The summed E-state index contributed by atoms with van der Waals surface area (Å²) in [5, 5.41) is 11.5. The van der Waals surface area contributed by atoms with E-state index in [-0.39, 0.29) is 39.4 Å². The number of Topliss-reactive ketones (excluding diaryl/α,β-unsaturated/α-hetero) is 1. The molecular formula is C21H14N2O6. The molecule has 0 atom stereocenters. The number of rotatable bonds is 3. The lowest BCUT2D eigenvalue weighted by molar-refractivity contribution is -0.385. The Morgan fingerprint density at radius 3 is 2.17 bits per heavy atom. The van der Waals surface area contributed by atoms with Crippen LogP contribution in [-0.2, 0) is 14.3 Å². The lowest BCUT2D eigenvalue weighted by atomic mass is 9.86. The molecule has 1 amide bonds. The van der Waals surface area contributed by atoms with Crippen LogP contribution in [0, 0.1) is 10.1 Å². The summed E-state index contributed by atoms with van der Waals surface area (Å²) in [6.07, 6.45) is 0. The van der Waals surface area contributed by atoms with Crippen LogP contribution in [0.3, 0.4) is 0 Å². The number of ether oxygens (including phenoxy) is 1. The third kappa shape index (κ3) is 2.65. The van der Waals surface area contributed by atoms with Crippen molar-refractivity contribution < 1.29 is 24.0 Å². The summed E-state index contributed by atoms with van der Waals surface area (Å²) in [5.74, 6) is -1.59. The van der Waals surface area contributed by atoms with E-state index in [1.54, 1.807) is 30.3 Å². The van der Waals surface area contributed by atoms with E-state index in [4.69, 9.17) is 4.74 Å². The molecule has 1 aliphatic heterocycles. The molecule has 2 aromatic rings. The van der Waals surface area contributed by atoms with E-state index in [9.17, 15) is 24.5 Å². The molecule has 144 valence electrons. The second-order valence-electron chi connectivity index (χ2n) is 6.53. The van der Waals surface area contributed by atoms with Crippen LogP contribution in [0.5, 0.6) is 0 Å². The second-order valence-corrected chi connectivity index (χ2v) is 6.53. The summed E-state index contributed by atoms with van der Waals surface area (Å²) >= 11 is 0. The molecule has 0 bridgehead atoms. The third-order valence-corrected chi connectivity index (χ3v) is 4.82. The van der Waals surface area contributed by atoms with E-state index in [2.05, 4.69) is 0 Å².